The molecule has 4 rings (SSSR count). The van der Waals surface area contributed by atoms with E-state index < -0.39 is 5.97 Å². The number of aryl methyl sites for hydroxylation is 1. The minimum Gasteiger partial charge on any atom is -0.494 e. The quantitative estimate of drug-likeness (QED) is 0.153. The number of halogens is 2. The highest BCUT2D eigenvalue weighted by Gasteiger charge is 2.20. The first-order valence-corrected chi connectivity index (χ1v) is 14.8. The fourth-order valence-electron chi connectivity index (χ4n) is 4.85. The fourth-order valence-corrected chi connectivity index (χ4v) is 5.40. The number of rotatable bonds is 13. The molecule has 7 nitrogen and oxygen atoms in total. The second-order valence-corrected chi connectivity index (χ2v) is 11.5. The zero-order valence-corrected chi connectivity index (χ0v) is 26.2. The average molecular weight is 611 g/mol. The van der Waals surface area contributed by atoms with E-state index in [1.54, 1.807) is 28.9 Å². The van der Waals surface area contributed by atoms with Crippen LogP contribution in [-0.2, 0) is 13.2 Å². The van der Waals surface area contributed by atoms with Crippen molar-refractivity contribution in [2.45, 2.75) is 59.6 Å². The van der Waals surface area contributed by atoms with E-state index in [1.165, 1.54) is 0 Å². The number of aromatic nitrogens is 2. The Morgan fingerprint density at radius 1 is 1.05 bits per heavy atom. The minimum atomic E-state index is -0.976. The Hall–Kier alpha value is -3.68. The van der Waals surface area contributed by atoms with Crippen LogP contribution in [0.2, 0.25) is 10.0 Å². The molecule has 0 bridgehead atoms. The van der Waals surface area contributed by atoms with Crippen molar-refractivity contribution in [2.24, 2.45) is 0 Å². The summed E-state index contributed by atoms with van der Waals surface area (Å²) in [4.78, 5) is 13.8. The Bertz CT molecular complexity index is 1530. The number of carboxylic acid groups (broad SMARTS) is 1. The topological polar surface area (TPSA) is 76.8 Å². The van der Waals surface area contributed by atoms with Crippen LogP contribution in [0.1, 0.15) is 72.3 Å². The smallest absolute Gasteiger partial charge is 0.335 e. The standard InChI is InChI=1S/C33H37Cl2N3O4/c1-6-7-13-41-26-16-23(15-24(17-26)33(39)40)19-37(5)30-12-11-25(14-22(30)4)42-20-31-27(21(2)3)18-36-38(31)32-28(34)9-8-10-29(32)35/h8-12,14-18,21H,6-7,13,19-20H2,1-5H3,(H,39,40). The van der Waals surface area contributed by atoms with Crippen LogP contribution in [0.15, 0.2) is 60.8 Å². The summed E-state index contributed by atoms with van der Waals surface area (Å²) in [6, 6.07) is 16.5. The summed E-state index contributed by atoms with van der Waals surface area (Å²) >= 11 is 13.0. The molecule has 9 heteroatoms. The van der Waals surface area contributed by atoms with E-state index in [9.17, 15) is 9.90 Å². The predicted molar refractivity (Wildman–Crippen MR) is 169 cm³/mol. The summed E-state index contributed by atoms with van der Waals surface area (Å²) in [6.07, 6.45) is 3.76. The van der Waals surface area contributed by atoms with Gasteiger partial charge in [-0.15, -0.1) is 0 Å². The van der Waals surface area contributed by atoms with Crippen molar-refractivity contribution in [3.8, 4) is 17.2 Å². The van der Waals surface area contributed by atoms with Gasteiger partial charge in [-0.2, -0.15) is 5.10 Å². The Balaban J connectivity index is 1.52. The van der Waals surface area contributed by atoms with Crippen LogP contribution >= 0.6 is 23.2 Å². The molecule has 1 N–H and O–H groups in total. The molecule has 0 atom stereocenters. The second kappa shape index (κ2) is 14.0. The molecule has 42 heavy (non-hydrogen) atoms. The molecular weight excluding hydrogens is 573 g/mol. The Labute approximate surface area is 257 Å². The molecule has 222 valence electrons. The molecule has 0 amide bonds. The highest BCUT2D eigenvalue weighted by atomic mass is 35.5. The van der Waals surface area contributed by atoms with Crippen molar-refractivity contribution in [1.29, 1.82) is 0 Å². The van der Waals surface area contributed by atoms with Gasteiger partial charge in [0.05, 0.1) is 34.1 Å². The number of anilines is 1. The lowest BCUT2D eigenvalue weighted by Crippen LogP contribution is -2.18. The summed E-state index contributed by atoms with van der Waals surface area (Å²) in [5, 5.41) is 15.2. The molecule has 1 heterocycles. The van der Waals surface area contributed by atoms with Gasteiger partial charge in [0.25, 0.3) is 0 Å². The Kier molecular flexibility index (Phi) is 10.4. The first-order valence-electron chi connectivity index (χ1n) is 14.0. The highest BCUT2D eigenvalue weighted by Crippen LogP contribution is 2.33. The number of nitrogens with zero attached hydrogens (tertiary/aromatic N) is 3. The number of hydrogen-bond acceptors (Lipinski definition) is 5. The van der Waals surface area contributed by atoms with E-state index in [-0.39, 0.29) is 18.1 Å². The molecule has 0 saturated carbocycles. The van der Waals surface area contributed by atoms with Gasteiger partial charge in [0, 0.05) is 19.3 Å². The van der Waals surface area contributed by atoms with E-state index in [0.717, 1.165) is 46.7 Å². The van der Waals surface area contributed by atoms with E-state index >= 15 is 0 Å². The maximum atomic E-state index is 11.7. The first kappa shape index (κ1) is 31.3. The van der Waals surface area contributed by atoms with Crippen LogP contribution < -0.4 is 14.4 Å². The van der Waals surface area contributed by atoms with Gasteiger partial charge in [0.2, 0.25) is 0 Å². The molecule has 0 spiro atoms. The van der Waals surface area contributed by atoms with Gasteiger partial charge in [-0.05, 0) is 84.5 Å². The maximum absolute atomic E-state index is 11.7. The molecule has 0 radical (unpaired) electrons. The second-order valence-electron chi connectivity index (χ2n) is 10.6. The third-order valence-corrected chi connectivity index (χ3v) is 7.64. The monoisotopic (exact) mass is 609 g/mol. The van der Waals surface area contributed by atoms with Crippen LogP contribution in [0.4, 0.5) is 5.69 Å². The summed E-state index contributed by atoms with van der Waals surface area (Å²) in [6.45, 7) is 9.69. The van der Waals surface area contributed by atoms with E-state index in [0.29, 0.717) is 34.6 Å². The molecule has 1 aromatic heterocycles. The largest absolute Gasteiger partial charge is 0.494 e. The number of carbonyl (C=O) groups is 1. The maximum Gasteiger partial charge on any atom is 0.335 e. The number of carboxylic acids is 1. The normalized spacial score (nSPS) is 11.1. The number of hydrogen-bond donors (Lipinski definition) is 1. The first-order chi connectivity index (χ1) is 20.1. The number of unbranched alkanes of at least 4 members (excludes halogenated alkanes) is 1. The van der Waals surface area contributed by atoms with Gasteiger partial charge >= 0.3 is 5.97 Å². The van der Waals surface area contributed by atoms with Gasteiger partial charge in [-0.25, -0.2) is 9.48 Å². The van der Waals surface area contributed by atoms with Crippen molar-refractivity contribution in [1.82, 2.24) is 9.78 Å². The molecule has 0 aliphatic rings. The average Bonchev–Trinajstić information content (AvgIpc) is 3.35. The molecule has 0 aliphatic heterocycles. The Morgan fingerprint density at radius 3 is 2.43 bits per heavy atom. The van der Waals surface area contributed by atoms with Gasteiger partial charge in [-0.3, -0.25) is 0 Å². The highest BCUT2D eigenvalue weighted by molar-refractivity contribution is 6.37. The zero-order chi connectivity index (χ0) is 30.4. The van der Waals surface area contributed by atoms with Crippen LogP contribution in [0.5, 0.6) is 11.5 Å². The van der Waals surface area contributed by atoms with Crippen molar-refractivity contribution >= 4 is 34.9 Å². The van der Waals surface area contributed by atoms with Crippen LogP contribution in [0, 0.1) is 6.92 Å². The molecule has 0 unspecified atom stereocenters. The molecule has 0 saturated heterocycles. The lowest BCUT2D eigenvalue weighted by Gasteiger charge is -2.23. The number of aromatic carboxylic acids is 1. The fraction of sp³-hybridized carbons (Fsp3) is 0.333. The number of para-hydroxylation sites is 1. The Morgan fingerprint density at radius 2 is 1.79 bits per heavy atom. The SMILES string of the molecule is CCCCOc1cc(CN(C)c2ccc(OCc3c(C(C)C)cnn3-c3c(Cl)cccc3Cl)cc2C)cc(C(=O)O)c1. The van der Waals surface area contributed by atoms with Crippen molar-refractivity contribution in [2.75, 3.05) is 18.6 Å². The molecule has 3 aromatic carbocycles. The van der Waals surface area contributed by atoms with E-state index in [1.807, 2.05) is 50.5 Å². The summed E-state index contributed by atoms with van der Waals surface area (Å²) in [5.41, 5.74) is 5.67. The number of benzene rings is 3. The summed E-state index contributed by atoms with van der Waals surface area (Å²) < 4.78 is 13.9. The minimum absolute atomic E-state index is 0.214. The van der Waals surface area contributed by atoms with Crippen LogP contribution in [0.3, 0.4) is 0 Å². The lowest BCUT2D eigenvalue weighted by atomic mass is 10.0. The lowest BCUT2D eigenvalue weighted by molar-refractivity contribution is 0.0696. The van der Waals surface area contributed by atoms with Gasteiger partial charge in [-0.1, -0.05) is 56.5 Å². The molecular formula is C33H37Cl2N3O4. The summed E-state index contributed by atoms with van der Waals surface area (Å²) in [7, 11) is 1.98. The molecule has 0 fully saturated rings. The molecule has 4 aromatic rings. The predicted octanol–water partition coefficient (Wildman–Crippen LogP) is 8.70. The number of ether oxygens (including phenoxy) is 2. The van der Waals surface area contributed by atoms with E-state index in [2.05, 4.69) is 30.8 Å². The zero-order valence-electron chi connectivity index (χ0n) is 24.7. The van der Waals surface area contributed by atoms with Gasteiger partial charge in [0.1, 0.15) is 23.8 Å². The van der Waals surface area contributed by atoms with Crippen molar-refractivity contribution in [3.63, 3.8) is 0 Å². The van der Waals surface area contributed by atoms with Gasteiger partial charge in [0.15, 0.2) is 0 Å². The van der Waals surface area contributed by atoms with Crippen LogP contribution in [0.25, 0.3) is 5.69 Å². The summed E-state index contributed by atoms with van der Waals surface area (Å²) in [5.74, 6) is 0.548. The van der Waals surface area contributed by atoms with Crippen LogP contribution in [-0.4, -0.2) is 34.5 Å². The van der Waals surface area contributed by atoms with Crippen molar-refractivity contribution < 1.29 is 19.4 Å². The van der Waals surface area contributed by atoms with Crippen molar-refractivity contribution in [3.05, 3.63) is 98.8 Å². The third-order valence-electron chi connectivity index (χ3n) is 7.03. The van der Waals surface area contributed by atoms with Gasteiger partial charge < -0.3 is 19.5 Å². The van der Waals surface area contributed by atoms with E-state index in [4.69, 9.17) is 32.7 Å². The molecule has 0 aliphatic carbocycles. The third kappa shape index (κ3) is 7.39.